The van der Waals surface area contributed by atoms with Crippen molar-refractivity contribution in [2.45, 2.75) is 20.8 Å². The molecule has 1 saturated heterocycles. The van der Waals surface area contributed by atoms with Gasteiger partial charge in [0.1, 0.15) is 0 Å². The largest absolute Gasteiger partial charge is 0.504 e. The summed E-state index contributed by atoms with van der Waals surface area (Å²) >= 11 is 3.41. The molecule has 1 aliphatic rings. The first-order valence-electron chi connectivity index (χ1n) is 8.78. The number of phenolic OH excluding ortho intramolecular Hbond substituents is 1. The van der Waals surface area contributed by atoms with Crippen LogP contribution in [0.2, 0.25) is 0 Å². The topological polar surface area (TPSA) is 62.1 Å². The fourth-order valence-electron chi connectivity index (χ4n) is 2.93. The van der Waals surface area contributed by atoms with Crippen LogP contribution in [0.15, 0.2) is 40.2 Å². The first-order valence-corrected chi connectivity index (χ1v) is 10.7. The third-order valence-electron chi connectivity index (χ3n) is 4.42. The lowest BCUT2D eigenvalue weighted by Gasteiger charge is -2.13. The van der Waals surface area contributed by atoms with E-state index in [0.717, 1.165) is 22.4 Å². The van der Waals surface area contributed by atoms with Gasteiger partial charge in [0.15, 0.2) is 16.7 Å². The maximum Gasteiger partial charge on any atom is 0.266 e. The maximum atomic E-state index is 12.9. The lowest BCUT2D eigenvalue weighted by atomic mass is 10.1. The molecule has 0 saturated carbocycles. The lowest BCUT2D eigenvalue weighted by Crippen LogP contribution is -2.28. The van der Waals surface area contributed by atoms with Crippen molar-refractivity contribution in [1.29, 1.82) is 0 Å². The van der Waals surface area contributed by atoms with Crippen molar-refractivity contribution in [3.63, 3.8) is 0 Å². The molecule has 3 rings (SSSR count). The van der Waals surface area contributed by atoms with Gasteiger partial charge in [-0.15, -0.1) is 0 Å². The molecule has 146 valence electrons. The monoisotopic (exact) mass is 508 g/mol. The summed E-state index contributed by atoms with van der Waals surface area (Å²) in [6.45, 7) is 6.52. The van der Waals surface area contributed by atoms with Gasteiger partial charge in [-0.25, -0.2) is 4.99 Å². The minimum Gasteiger partial charge on any atom is -0.504 e. The number of amidine groups is 1. The van der Waals surface area contributed by atoms with Gasteiger partial charge in [-0.3, -0.25) is 9.69 Å². The summed E-state index contributed by atoms with van der Waals surface area (Å²) in [5.41, 5.74) is 3.84. The number of hydrogen-bond acceptors (Lipinski definition) is 5. The molecule has 0 spiro atoms. The minimum atomic E-state index is -0.0699. The van der Waals surface area contributed by atoms with Crippen LogP contribution in [-0.2, 0) is 4.79 Å². The second-order valence-corrected chi connectivity index (χ2v) is 8.52. The van der Waals surface area contributed by atoms with Gasteiger partial charge in [-0.1, -0.05) is 18.2 Å². The van der Waals surface area contributed by atoms with Crippen molar-refractivity contribution in [2.75, 3.05) is 13.7 Å². The van der Waals surface area contributed by atoms with E-state index in [0.29, 0.717) is 25.9 Å². The Labute approximate surface area is 182 Å². The molecule has 1 heterocycles. The number of para-hydroxylation sites is 1. The molecule has 1 fully saturated rings. The van der Waals surface area contributed by atoms with Gasteiger partial charge in [-0.05, 0) is 90.0 Å². The standard InChI is InChI=1S/C21H21IN2O3S/c1-5-24-20(26)17(11-14-9-15(22)19(25)16(10-14)27-4)28-21(24)23-18-12(2)7-6-8-13(18)3/h6-11,25H,5H2,1-4H3/b17-11+,23-21?. The van der Waals surface area contributed by atoms with Crippen molar-refractivity contribution in [3.8, 4) is 11.5 Å². The quantitative estimate of drug-likeness (QED) is 0.453. The van der Waals surface area contributed by atoms with Crippen LogP contribution in [0, 0.1) is 17.4 Å². The molecule has 28 heavy (non-hydrogen) atoms. The fourth-order valence-corrected chi connectivity index (χ4v) is 4.61. The third-order valence-corrected chi connectivity index (χ3v) is 6.25. The van der Waals surface area contributed by atoms with E-state index in [1.807, 2.05) is 73.7 Å². The minimum absolute atomic E-state index is 0.0699. The number of methoxy groups -OCH3 is 1. The number of rotatable bonds is 4. The van der Waals surface area contributed by atoms with E-state index in [9.17, 15) is 9.90 Å². The molecule has 0 bridgehead atoms. The number of nitrogens with zero attached hydrogens (tertiary/aromatic N) is 2. The molecule has 7 heteroatoms. The number of hydrogen-bond donors (Lipinski definition) is 1. The average molecular weight is 508 g/mol. The first kappa shape index (κ1) is 20.7. The Hall–Kier alpha value is -2.00. The van der Waals surface area contributed by atoms with Crippen LogP contribution in [0.3, 0.4) is 0 Å². The maximum absolute atomic E-state index is 12.9. The molecular weight excluding hydrogens is 487 g/mol. The smallest absolute Gasteiger partial charge is 0.266 e. The Morgan fingerprint density at radius 1 is 1.29 bits per heavy atom. The fraction of sp³-hybridized carbons (Fsp3) is 0.238. The zero-order valence-corrected chi connectivity index (χ0v) is 19.1. The number of aliphatic imine (C=N–C) groups is 1. The van der Waals surface area contributed by atoms with Crippen molar-refractivity contribution in [3.05, 3.63) is 55.5 Å². The first-order chi connectivity index (χ1) is 13.3. The molecule has 1 aliphatic heterocycles. The number of amides is 1. The summed E-state index contributed by atoms with van der Waals surface area (Å²) in [6, 6.07) is 9.58. The molecular formula is C21H21IN2O3S. The van der Waals surface area contributed by atoms with Gasteiger partial charge >= 0.3 is 0 Å². The predicted octanol–water partition coefficient (Wildman–Crippen LogP) is 5.25. The van der Waals surface area contributed by atoms with E-state index in [2.05, 4.69) is 0 Å². The highest BCUT2D eigenvalue weighted by Gasteiger charge is 2.32. The summed E-state index contributed by atoms with van der Waals surface area (Å²) < 4.78 is 5.88. The average Bonchev–Trinajstić information content (AvgIpc) is 2.95. The normalized spacial score (nSPS) is 17.0. The molecule has 0 atom stereocenters. The predicted molar refractivity (Wildman–Crippen MR) is 123 cm³/mol. The van der Waals surface area contributed by atoms with Crippen molar-refractivity contribution >= 4 is 57.2 Å². The van der Waals surface area contributed by atoms with E-state index in [-0.39, 0.29) is 11.7 Å². The number of carbonyl (C=O) groups excluding carboxylic acids is 1. The molecule has 1 amide bonds. The van der Waals surface area contributed by atoms with Crippen molar-refractivity contribution in [1.82, 2.24) is 4.90 Å². The Balaban J connectivity index is 2.02. The molecule has 0 unspecified atom stereocenters. The highest BCUT2D eigenvalue weighted by molar-refractivity contribution is 14.1. The van der Waals surface area contributed by atoms with E-state index in [1.54, 1.807) is 11.0 Å². The Bertz CT molecular complexity index is 981. The summed E-state index contributed by atoms with van der Waals surface area (Å²) in [5, 5.41) is 10.7. The molecule has 0 aromatic heterocycles. The van der Waals surface area contributed by atoms with E-state index < -0.39 is 0 Å². The highest BCUT2D eigenvalue weighted by Crippen LogP contribution is 2.38. The van der Waals surface area contributed by atoms with E-state index in [4.69, 9.17) is 9.73 Å². The summed E-state index contributed by atoms with van der Waals surface area (Å²) in [6.07, 6.45) is 1.81. The van der Waals surface area contributed by atoms with Crippen LogP contribution in [-0.4, -0.2) is 34.7 Å². The number of ether oxygens (including phenoxy) is 1. The molecule has 2 aromatic carbocycles. The Morgan fingerprint density at radius 3 is 2.57 bits per heavy atom. The van der Waals surface area contributed by atoms with Crippen LogP contribution >= 0.6 is 34.4 Å². The van der Waals surface area contributed by atoms with Crippen molar-refractivity contribution < 1.29 is 14.6 Å². The van der Waals surface area contributed by atoms with Crippen molar-refractivity contribution in [2.24, 2.45) is 4.99 Å². The number of likely N-dealkylation sites (N-methyl/N-ethyl adjacent to an activating group) is 1. The number of benzene rings is 2. The number of aromatic hydroxyl groups is 1. The number of phenols is 1. The Morgan fingerprint density at radius 2 is 1.96 bits per heavy atom. The molecule has 2 aromatic rings. The number of carbonyl (C=O) groups is 1. The zero-order chi connectivity index (χ0) is 20.4. The van der Waals surface area contributed by atoms with Gasteiger partial charge in [0.05, 0.1) is 21.3 Å². The molecule has 1 N–H and O–H groups in total. The van der Waals surface area contributed by atoms with Gasteiger partial charge < -0.3 is 9.84 Å². The number of halogens is 1. The van der Waals surface area contributed by atoms with Gasteiger partial charge in [0, 0.05) is 6.54 Å². The SMILES string of the molecule is CCN1C(=O)/C(=C\c2cc(I)c(O)c(OC)c2)SC1=Nc1c(C)cccc1C. The second kappa shape index (κ2) is 8.57. The third kappa shape index (κ3) is 4.05. The Kier molecular flexibility index (Phi) is 6.34. The molecule has 0 radical (unpaired) electrons. The van der Waals surface area contributed by atoms with Gasteiger partial charge in [0.25, 0.3) is 5.91 Å². The van der Waals surface area contributed by atoms with Crippen LogP contribution in [0.1, 0.15) is 23.6 Å². The lowest BCUT2D eigenvalue weighted by molar-refractivity contribution is -0.122. The van der Waals surface area contributed by atoms with Crippen LogP contribution in [0.4, 0.5) is 5.69 Å². The van der Waals surface area contributed by atoms with Gasteiger partial charge in [-0.2, -0.15) is 0 Å². The highest BCUT2D eigenvalue weighted by atomic mass is 127. The summed E-state index contributed by atoms with van der Waals surface area (Å²) in [4.78, 5) is 20.0. The molecule has 0 aliphatic carbocycles. The summed E-state index contributed by atoms with van der Waals surface area (Å²) in [5.74, 6) is 0.411. The number of thioether (sulfide) groups is 1. The van der Waals surface area contributed by atoms with Gasteiger partial charge in [0.2, 0.25) is 0 Å². The summed E-state index contributed by atoms with van der Waals surface area (Å²) in [7, 11) is 1.51. The second-order valence-electron chi connectivity index (χ2n) is 6.35. The van der Waals surface area contributed by atoms with Crippen LogP contribution in [0.5, 0.6) is 11.5 Å². The molecule has 5 nitrogen and oxygen atoms in total. The van der Waals surface area contributed by atoms with Crippen LogP contribution in [0.25, 0.3) is 6.08 Å². The van der Waals surface area contributed by atoms with E-state index >= 15 is 0 Å². The number of aryl methyl sites for hydroxylation is 2. The zero-order valence-electron chi connectivity index (χ0n) is 16.1. The van der Waals surface area contributed by atoms with E-state index in [1.165, 1.54) is 18.9 Å². The van der Waals surface area contributed by atoms with Crippen LogP contribution < -0.4 is 4.74 Å².